The number of H-pyrrole nitrogens is 1. The Hall–Kier alpha value is -1.88. The number of pyridine rings is 1. The normalized spacial score (nSPS) is 13.0. The molecule has 0 spiro atoms. The van der Waals surface area contributed by atoms with Crippen molar-refractivity contribution in [2.75, 3.05) is 0 Å². The van der Waals surface area contributed by atoms with Crippen LogP contribution in [-0.4, -0.2) is 14.5 Å². The number of fused-ring (bicyclic) bond motifs is 1. The van der Waals surface area contributed by atoms with Crippen LogP contribution in [-0.2, 0) is 0 Å². The van der Waals surface area contributed by atoms with Crippen LogP contribution < -0.4 is 0 Å². The Balaban J connectivity index is 2.23. The second-order valence-electron chi connectivity index (χ2n) is 4.75. The highest BCUT2D eigenvalue weighted by Crippen LogP contribution is 2.25. The van der Waals surface area contributed by atoms with Crippen LogP contribution in [0.15, 0.2) is 28.8 Å². The van der Waals surface area contributed by atoms with Crippen molar-refractivity contribution in [2.24, 2.45) is 0 Å². The van der Waals surface area contributed by atoms with Crippen molar-refractivity contribution in [2.45, 2.75) is 26.8 Å². The summed E-state index contributed by atoms with van der Waals surface area (Å²) in [5.41, 5.74) is 2.99. The van der Waals surface area contributed by atoms with E-state index in [2.05, 4.69) is 16.9 Å². The van der Waals surface area contributed by atoms with Gasteiger partial charge in [-0.25, -0.2) is 4.98 Å². The van der Waals surface area contributed by atoms with Crippen molar-refractivity contribution in [1.29, 1.82) is 0 Å². The van der Waals surface area contributed by atoms with Crippen molar-refractivity contribution >= 4 is 23.4 Å². The Labute approximate surface area is 116 Å². The van der Waals surface area contributed by atoms with Gasteiger partial charge in [-0.2, -0.15) is 0 Å². The van der Waals surface area contributed by atoms with Crippen LogP contribution in [0.4, 0.5) is 0 Å². The highest BCUT2D eigenvalue weighted by molar-refractivity contribution is 7.71. The first-order valence-electron chi connectivity index (χ1n) is 6.20. The number of aryl methyl sites for hydroxylation is 2. The lowest BCUT2D eigenvalue weighted by Crippen LogP contribution is -2.06. The van der Waals surface area contributed by atoms with Gasteiger partial charge in [0, 0.05) is 6.20 Å². The molecule has 0 saturated carbocycles. The summed E-state index contributed by atoms with van der Waals surface area (Å²) in [6, 6.07) is 5.93. The van der Waals surface area contributed by atoms with Gasteiger partial charge in [-0.05, 0) is 56.8 Å². The number of hydrogen-bond acceptors (Lipinski definition) is 3. The molecule has 3 heterocycles. The molecule has 0 saturated heterocycles. The van der Waals surface area contributed by atoms with Crippen LogP contribution >= 0.6 is 12.2 Å². The maximum atomic E-state index is 5.69. The monoisotopic (exact) mass is 273 g/mol. The second kappa shape index (κ2) is 4.35. The summed E-state index contributed by atoms with van der Waals surface area (Å²) in [6.45, 7) is 6.04. The highest BCUT2D eigenvalue weighted by atomic mass is 32.1. The van der Waals surface area contributed by atoms with Crippen molar-refractivity contribution in [3.63, 3.8) is 0 Å². The first-order chi connectivity index (χ1) is 9.08. The Morgan fingerprint density at radius 2 is 2.11 bits per heavy atom. The van der Waals surface area contributed by atoms with Gasteiger partial charge in [-0.1, -0.05) is 0 Å². The molecule has 0 aromatic carbocycles. The largest absolute Gasteiger partial charge is 0.464 e. The molecule has 0 radical (unpaired) electrons. The molecule has 3 aromatic rings. The average molecular weight is 273 g/mol. The molecule has 0 aliphatic heterocycles. The quantitative estimate of drug-likeness (QED) is 0.720. The number of aromatic amines is 1. The zero-order valence-electron chi connectivity index (χ0n) is 11.1. The van der Waals surface area contributed by atoms with Crippen LogP contribution in [0.2, 0.25) is 0 Å². The number of imidazole rings is 1. The average Bonchev–Trinajstić information content (AvgIpc) is 2.93. The van der Waals surface area contributed by atoms with Crippen molar-refractivity contribution in [3.05, 3.63) is 46.3 Å². The Morgan fingerprint density at radius 3 is 2.79 bits per heavy atom. The topological polar surface area (TPSA) is 46.8 Å². The van der Waals surface area contributed by atoms with Gasteiger partial charge >= 0.3 is 0 Å². The molecule has 0 fully saturated rings. The standard InChI is InChI=1S/C14H15N3OS/c1-8-6-7-15-13-12(8)16-14(19)17(13)10(3)11-5-4-9(2)18-11/h4-7,10H,1-3H3,(H,16,19). The third kappa shape index (κ3) is 1.90. The van der Waals surface area contributed by atoms with E-state index in [1.54, 1.807) is 6.20 Å². The molecule has 0 aliphatic carbocycles. The predicted molar refractivity (Wildman–Crippen MR) is 76.9 cm³/mol. The number of furan rings is 1. The van der Waals surface area contributed by atoms with E-state index in [0.717, 1.165) is 28.2 Å². The lowest BCUT2D eigenvalue weighted by Gasteiger charge is -2.11. The molecular weight excluding hydrogens is 258 g/mol. The van der Waals surface area contributed by atoms with Gasteiger partial charge in [0.15, 0.2) is 10.4 Å². The second-order valence-corrected chi connectivity index (χ2v) is 5.14. The van der Waals surface area contributed by atoms with Gasteiger partial charge in [0.2, 0.25) is 0 Å². The molecule has 1 unspecified atom stereocenters. The molecule has 3 rings (SSSR count). The lowest BCUT2D eigenvalue weighted by atomic mass is 10.2. The van der Waals surface area contributed by atoms with E-state index in [-0.39, 0.29) is 6.04 Å². The molecule has 98 valence electrons. The van der Waals surface area contributed by atoms with E-state index in [4.69, 9.17) is 16.6 Å². The minimum absolute atomic E-state index is 0.0178. The predicted octanol–water partition coefficient (Wildman–Crippen LogP) is 3.91. The Bertz CT molecular complexity index is 796. The molecular formula is C14H15N3OS. The summed E-state index contributed by atoms with van der Waals surface area (Å²) in [5.74, 6) is 1.79. The fraction of sp³-hybridized carbons (Fsp3) is 0.286. The van der Waals surface area contributed by atoms with Gasteiger partial charge in [0.05, 0.1) is 11.6 Å². The highest BCUT2D eigenvalue weighted by Gasteiger charge is 2.17. The van der Waals surface area contributed by atoms with Gasteiger partial charge in [0.25, 0.3) is 0 Å². The van der Waals surface area contributed by atoms with Crippen LogP contribution in [0, 0.1) is 18.6 Å². The number of rotatable bonds is 2. The minimum atomic E-state index is 0.0178. The smallest absolute Gasteiger partial charge is 0.179 e. The van der Waals surface area contributed by atoms with Crippen LogP contribution in [0.25, 0.3) is 11.2 Å². The SMILES string of the molecule is Cc1ccc(C(C)n2c(=S)[nH]c3c(C)ccnc32)o1. The zero-order valence-corrected chi connectivity index (χ0v) is 11.9. The molecule has 1 N–H and O–H groups in total. The number of aromatic nitrogens is 3. The van der Waals surface area contributed by atoms with E-state index >= 15 is 0 Å². The van der Waals surface area contributed by atoms with Crippen molar-refractivity contribution in [3.8, 4) is 0 Å². The number of hydrogen-bond donors (Lipinski definition) is 1. The Morgan fingerprint density at radius 1 is 1.32 bits per heavy atom. The van der Waals surface area contributed by atoms with Crippen molar-refractivity contribution in [1.82, 2.24) is 14.5 Å². The summed E-state index contributed by atoms with van der Waals surface area (Å²) in [7, 11) is 0. The van der Waals surface area contributed by atoms with Crippen LogP contribution in [0.3, 0.4) is 0 Å². The van der Waals surface area contributed by atoms with Gasteiger partial charge in [-0.3, -0.25) is 4.57 Å². The van der Waals surface area contributed by atoms with E-state index in [0.29, 0.717) is 4.77 Å². The molecule has 19 heavy (non-hydrogen) atoms. The summed E-state index contributed by atoms with van der Waals surface area (Å²) in [6.07, 6.45) is 1.80. The molecule has 3 aromatic heterocycles. The van der Waals surface area contributed by atoms with Gasteiger partial charge in [0.1, 0.15) is 11.5 Å². The van der Waals surface area contributed by atoms with E-state index < -0.39 is 0 Å². The number of nitrogens with one attached hydrogen (secondary N) is 1. The molecule has 5 heteroatoms. The van der Waals surface area contributed by atoms with Gasteiger partial charge in [-0.15, -0.1) is 0 Å². The summed E-state index contributed by atoms with van der Waals surface area (Å²) in [5, 5.41) is 0. The maximum absolute atomic E-state index is 5.69. The fourth-order valence-corrected chi connectivity index (χ4v) is 2.66. The molecule has 0 aliphatic rings. The Kier molecular flexibility index (Phi) is 2.78. The summed E-state index contributed by atoms with van der Waals surface area (Å²) in [4.78, 5) is 7.67. The first-order valence-corrected chi connectivity index (χ1v) is 6.61. The van der Waals surface area contributed by atoms with Crippen molar-refractivity contribution < 1.29 is 4.42 Å². The van der Waals surface area contributed by atoms with Crippen LogP contribution in [0.1, 0.15) is 30.0 Å². The third-order valence-electron chi connectivity index (χ3n) is 3.38. The van der Waals surface area contributed by atoms with E-state index in [1.807, 2.05) is 36.6 Å². The molecule has 0 bridgehead atoms. The minimum Gasteiger partial charge on any atom is -0.464 e. The number of nitrogens with zero attached hydrogens (tertiary/aromatic N) is 2. The lowest BCUT2D eigenvalue weighted by molar-refractivity contribution is 0.430. The fourth-order valence-electron chi connectivity index (χ4n) is 2.31. The zero-order chi connectivity index (χ0) is 13.6. The van der Waals surface area contributed by atoms with E-state index in [1.165, 1.54) is 0 Å². The molecule has 0 amide bonds. The first kappa shape index (κ1) is 12.2. The molecule has 4 nitrogen and oxygen atoms in total. The van der Waals surface area contributed by atoms with Gasteiger partial charge < -0.3 is 9.40 Å². The summed E-state index contributed by atoms with van der Waals surface area (Å²) >= 11 is 5.42. The van der Waals surface area contributed by atoms with Crippen LogP contribution in [0.5, 0.6) is 0 Å². The van der Waals surface area contributed by atoms with E-state index in [9.17, 15) is 0 Å². The molecule has 1 atom stereocenters. The maximum Gasteiger partial charge on any atom is 0.179 e. The summed E-state index contributed by atoms with van der Waals surface area (Å²) < 4.78 is 8.36. The third-order valence-corrected chi connectivity index (χ3v) is 3.68.